The van der Waals surface area contributed by atoms with Gasteiger partial charge in [-0.05, 0) is 42.8 Å². The molecule has 2 N–H and O–H groups in total. The van der Waals surface area contributed by atoms with Gasteiger partial charge in [-0.3, -0.25) is 4.79 Å². The minimum absolute atomic E-state index is 0.0770. The maximum atomic E-state index is 13.3. The molecule has 0 aliphatic heterocycles. The number of carboxylic acid groups (broad SMARTS) is 1. The van der Waals surface area contributed by atoms with Gasteiger partial charge in [-0.1, -0.05) is 22.0 Å². The Bertz CT molecular complexity index is 731. The van der Waals surface area contributed by atoms with Crippen molar-refractivity contribution in [1.82, 2.24) is 0 Å². The highest BCUT2D eigenvalue weighted by atomic mass is 79.9. The van der Waals surface area contributed by atoms with Crippen molar-refractivity contribution in [2.75, 3.05) is 5.32 Å². The van der Waals surface area contributed by atoms with Crippen LogP contribution in [0.1, 0.15) is 26.3 Å². The van der Waals surface area contributed by atoms with Gasteiger partial charge in [0.1, 0.15) is 5.82 Å². The number of aryl methyl sites for hydroxylation is 1. The number of carbonyl (C=O) groups excluding carboxylic acids is 1. The molecular weight excluding hydrogens is 341 g/mol. The average Bonchev–Trinajstić information content (AvgIpc) is 2.41. The van der Waals surface area contributed by atoms with Gasteiger partial charge in [0.25, 0.3) is 5.91 Å². The van der Waals surface area contributed by atoms with Crippen LogP contribution in [-0.2, 0) is 0 Å². The van der Waals surface area contributed by atoms with Gasteiger partial charge in [0.05, 0.1) is 11.3 Å². The zero-order valence-electron chi connectivity index (χ0n) is 11.0. The van der Waals surface area contributed by atoms with Gasteiger partial charge in [0, 0.05) is 10.0 Å². The lowest BCUT2D eigenvalue weighted by molar-refractivity contribution is 0.0698. The predicted molar refractivity (Wildman–Crippen MR) is 80.2 cm³/mol. The van der Waals surface area contributed by atoms with E-state index in [9.17, 15) is 14.0 Å². The molecule has 0 aliphatic rings. The van der Waals surface area contributed by atoms with Gasteiger partial charge in [0.15, 0.2) is 0 Å². The van der Waals surface area contributed by atoms with Crippen molar-refractivity contribution in [3.05, 3.63) is 63.4 Å². The van der Waals surface area contributed by atoms with Crippen molar-refractivity contribution >= 4 is 33.5 Å². The van der Waals surface area contributed by atoms with E-state index in [4.69, 9.17) is 5.11 Å². The molecule has 4 nitrogen and oxygen atoms in total. The monoisotopic (exact) mass is 351 g/mol. The van der Waals surface area contributed by atoms with Gasteiger partial charge in [-0.25, -0.2) is 9.18 Å². The van der Waals surface area contributed by atoms with Crippen molar-refractivity contribution in [2.24, 2.45) is 0 Å². The zero-order valence-corrected chi connectivity index (χ0v) is 12.6. The molecule has 2 rings (SSSR count). The number of benzene rings is 2. The fourth-order valence-corrected chi connectivity index (χ4v) is 2.20. The highest BCUT2D eigenvalue weighted by molar-refractivity contribution is 9.10. The lowest BCUT2D eigenvalue weighted by atomic mass is 10.1. The molecule has 2 aromatic carbocycles. The van der Waals surface area contributed by atoms with Crippen LogP contribution >= 0.6 is 15.9 Å². The van der Waals surface area contributed by atoms with Crippen LogP contribution in [0.2, 0.25) is 0 Å². The first-order chi connectivity index (χ1) is 9.88. The van der Waals surface area contributed by atoms with E-state index in [-0.39, 0.29) is 11.3 Å². The summed E-state index contributed by atoms with van der Waals surface area (Å²) in [6, 6.07) is 8.28. The molecule has 0 heterocycles. The summed E-state index contributed by atoms with van der Waals surface area (Å²) in [6.45, 7) is 1.75. The number of carbonyl (C=O) groups is 2. The SMILES string of the molecule is Cc1ccc(Br)cc1C(=O)Nc1cc(F)ccc1C(=O)O. The molecule has 0 saturated carbocycles. The second-order valence-electron chi connectivity index (χ2n) is 4.41. The first-order valence-corrected chi connectivity index (χ1v) is 6.78. The Morgan fingerprint density at radius 3 is 2.52 bits per heavy atom. The average molecular weight is 352 g/mol. The first kappa shape index (κ1) is 15.2. The van der Waals surface area contributed by atoms with Crippen LogP contribution in [0.3, 0.4) is 0 Å². The quantitative estimate of drug-likeness (QED) is 0.882. The van der Waals surface area contributed by atoms with Crippen LogP contribution in [-0.4, -0.2) is 17.0 Å². The number of hydrogen-bond acceptors (Lipinski definition) is 2. The standard InChI is InChI=1S/C15H11BrFNO3/c1-8-2-3-9(16)6-12(8)14(19)18-13-7-10(17)4-5-11(13)15(20)21/h2-7H,1H3,(H,18,19)(H,20,21). The van der Waals surface area contributed by atoms with Crippen molar-refractivity contribution < 1.29 is 19.1 Å². The summed E-state index contributed by atoms with van der Waals surface area (Å²) >= 11 is 3.27. The van der Waals surface area contributed by atoms with E-state index < -0.39 is 17.7 Å². The Morgan fingerprint density at radius 2 is 1.86 bits per heavy atom. The number of aromatic carboxylic acids is 1. The van der Waals surface area contributed by atoms with Crippen molar-refractivity contribution in [2.45, 2.75) is 6.92 Å². The van der Waals surface area contributed by atoms with Crippen molar-refractivity contribution in [3.63, 3.8) is 0 Å². The summed E-state index contributed by atoms with van der Waals surface area (Å²) in [4.78, 5) is 23.3. The van der Waals surface area contributed by atoms with Crippen molar-refractivity contribution in [3.8, 4) is 0 Å². The lowest BCUT2D eigenvalue weighted by Gasteiger charge is -2.10. The minimum atomic E-state index is -1.24. The van der Waals surface area contributed by atoms with Crippen LogP contribution in [0.15, 0.2) is 40.9 Å². The molecule has 108 valence electrons. The molecule has 0 spiro atoms. The highest BCUT2D eigenvalue weighted by Gasteiger charge is 2.16. The Balaban J connectivity index is 2.38. The third kappa shape index (κ3) is 3.46. The zero-order chi connectivity index (χ0) is 15.6. The van der Waals surface area contributed by atoms with Crippen LogP contribution in [0.4, 0.5) is 10.1 Å². The van der Waals surface area contributed by atoms with Crippen LogP contribution < -0.4 is 5.32 Å². The van der Waals surface area contributed by atoms with Gasteiger partial charge >= 0.3 is 5.97 Å². The smallest absolute Gasteiger partial charge is 0.337 e. The molecule has 0 aliphatic carbocycles. The molecule has 6 heteroatoms. The van der Waals surface area contributed by atoms with E-state index in [1.807, 2.05) is 0 Å². The number of amides is 1. The van der Waals surface area contributed by atoms with Crippen LogP contribution in [0.25, 0.3) is 0 Å². The fraction of sp³-hybridized carbons (Fsp3) is 0.0667. The Labute approximate surface area is 128 Å². The molecule has 21 heavy (non-hydrogen) atoms. The molecule has 0 atom stereocenters. The largest absolute Gasteiger partial charge is 0.478 e. The molecule has 1 amide bonds. The molecule has 0 saturated heterocycles. The number of nitrogens with one attached hydrogen (secondary N) is 1. The fourth-order valence-electron chi connectivity index (χ4n) is 1.83. The maximum absolute atomic E-state index is 13.3. The third-order valence-corrected chi connectivity index (χ3v) is 3.40. The Morgan fingerprint density at radius 1 is 1.14 bits per heavy atom. The topological polar surface area (TPSA) is 66.4 Å². The number of anilines is 1. The summed E-state index contributed by atoms with van der Waals surface area (Å²) in [7, 11) is 0. The van der Waals surface area contributed by atoms with Gasteiger partial charge in [-0.2, -0.15) is 0 Å². The highest BCUT2D eigenvalue weighted by Crippen LogP contribution is 2.21. The number of halogens is 2. The summed E-state index contributed by atoms with van der Waals surface area (Å²) in [5.74, 6) is -2.36. The summed E-state index contributed by atoms with van der Waals surface area (Å²) < 4.78 is 14.0. The minimum Gasteiger partial charge on any atom is -0.478 e. The number of carboxylic acids is 1. The Hall–Kier alpha value is -2.21. The molecule has 0 unspecified atom stereocenters. The van der Waals surface area contributed by atoms with Crippen molar-refractivity contribution in [1.29, 1.82) is 0 Å². The van der Waals surface area contributed by atoms with Gasteiger partial charge in [0.2, 0.25) is 0 Å². The summed E-state index contributed by atoms with van der Waals surface area (Å²) in [5.41, 5.74) is 0.859. The summed E-state index contributed by atoms with van der Waals surface area (Å²) in [5, 5.41) is 11.5. The normalized spacial score (nSPS) is 10.2. The molecule has 0 bridgehead atoms. The van der Waals surface area contributed by atoms with E-state index in [1.54, 1.807) is 25.1 Å². The molecule has 0 radical (unpaired) electrons. The van der Waals surface area contributed by atoms with E-state index in [0.717, 1.165) is 28.2 Å². The van der Waals surface area contributed by atoms with Crippen LogP contribution in [0.5, 0.6) is 0 Å². The second kappa shape index (κ2) is 6.05. The number of hydrogen-bond donors (Lipinski definition) is 2. The van der Waals surface area contributed by atoms with E-state index in [2.05, 4.69) is 21.2 Å². The first-order valence-electron chi connectivity index (χ1n) is 5.99. The van der Waals surface area contributed by atoms with Crippen LogP contribution in [0, 0.1) is 12.7 Å². The maximum Gasteiger partial charge on any atom is 0.337 e. The molecule has 2 aromatic rings. The number of rotatable bonds is 3. The molecule has 0 fully saturated rings. The lowest BCUT2D eigenvalue weighted by Crippen LogP contribution is -2.16. The van der Waals surface area contributed by atoms with Gasteiger partial charge < -0.3 is 10.4 Å². The molecule has 0 aromatic heterocycles. The predicted octanol–water partition coefficient (Wildman–Crippen LogP) is 3.85. The van der Waals surface area contributed by atoms with E-state index in [1.165, 1.54) is 0 Å². The molecular formula is C15H11BrFNO3. The second-order valence-corrected chi connectivity index (χ2v) is 5.32. The van der Waals surface area contributed by atoms with E-state index >= 15 is 0 Å². The van der Waals surface area contributed by atoms with Gasteiger partial charge in [-0.15, -0.1) is 0 Å². The van der Waals surface area contributed by atoms with E-state index in [0.29, 0.717) is 5.56 Å². The summed E-state index contributed by atoms with van der Waals surface area (Å²) in [6.07, 6.45) is 0. The third-order valence-electron chi connectivity index (χ3n) is 2.90. The Kier molecular flexibility index (Phi) is 4.37.